The lowest BCUT2D eigenvalue weighted by atomic mass is 10.6. The van der Waals surface area contributed by atoms with Gasteiger partial charge in [-0.15, -0.1) is 0 Å². The Morgan fingerprint density at radius 2 is 1.13 bits per heavy atom. The first-order chi connectivity index (χ1) is 18.1. The third kappa shape index (κ3) is 85.6. The average molecular weight is 741 g/mol. The molecular formula is C21H45BrCl5N3O9. The normalized spacial score (nSPS) is 7.77. The summed E-state index contributed by atoms with van der Waals surface area (Å²) in [6.07, 6.45) is 0. The summed E-state index contributed by atoms with van der Waals surface area (Å²) >= 11 is 27.4. The maximum atomic E-state index is 10.5. The van der Waals surface area contributed by atoms with Gasteiger partial charge in [0, 0.05) is 18.6 Å². The molecule has 0 bridgehead atoms. The molecular weight excluding hydrogens is 695 g/mol. The summed E-state index contributed by atoms with van der Waals surface area (Å²) in [5.74, 6) is -0.964. The Hall–Kier alpha value is -0.800. The molecule has 0 saturated heterocycles. The van der Waals surface area contributed by atoms with Gasteiger partial charge in [-0.1, -0.05) is 57.5 Å². The zero-order valence-electron chi connectivity index (χ0n) is 24.6. The number of alkyl halides is 4. The van der Waals surface area contributed by atoms with E-state index in [0.29, 0.717) is 0 Å². The summed E-state index contributed by atoms with van der Waals surface area (Å²) in [5.41, 5.74) is 3.35. The van der Waals surface area contributed by atoms with Crippen molar-refractivity contribution in [2.24, 2.45) is 5.73 Å². The van der Waals surface area contributed by atoms with Gasteiger partial charge in [0.1, 0.15) is 11.9 Å². The number of nitrogens with two attached hydrogens (primary N) is 1. The average Bonchev–Trinajstić information content (AvgIpc) is 2.92. The van der Waals surface area contributed by atoms with Crippen LogP contribution in [0, 0.1) is 0 Å². The number of hydrogen-bond acceptors (Lipinski definition) is 11. The van der Waals surface area contributed by atoms with E-state index in [1.54, 1.807) is 7.05 Å². The molecule has 0 rings (SSSR count). The fourth-order valence-electron chi connectivity index (χ4n) is 0.682. The van der Waals surface area contributed by atoms with E-state index in [0.717, 1.165) is 4.90 Å². The molecule has 0 atom stereocenters. The van der Waals surface area contributed by atoms with E-state index in [1.165, 1.54) is 35.4 Å². The molecule has 0 aromatic heterocycles. The molecule has 18 heteroatoms. The van der Waals surface area contributed by atoms with Crippen molar-refractivity contribution in [3.63, 3.8) is 0 Å². The predicted octanol–water partition coefficient (Wildman–Crippen LogP) is 5.73. The molecule has 0 aromatic rings. The topological polar surface area (TPSA) is 164 Å². The molecule has 0 aliphatic carbocycles. The quantitative estimate of drug-likeness (QED) is 0.116. The number of ether oxygens (including phenoxy) is 4. The highest BCUT2D eigenvalue weighted by Crippen LogP contribution is 2.27. The van der Waals surface area contributed by atoms with Gasteiger partial charge in [-0.3, -0.25) is 19.2 Å². The standard InChI is InChI=1S/C5H8ClNO3.C4H9NO2.C3H5BrO2.C2Cl4O2.3C2H6.CH5N/c1-7(5(6)9)3-4(8)10-2;1-5-3-4(6)7-2;1-6-3(5)2-4;3-1(7)8-2(4,5)6;4*1-2/h3H2,1-2H3;5H,3H2,1-2H3;2H2,1H3;;3*1-2H3;2H2,1H3. The highest BCUT2D eigenvalue weighted by Gasteiger charge is 2.23. The minimum Gasteiger partial charge on any atom is -0.468 e. The zero-order valence-corrected chi connectivity index (χ0v) is 30.0. The molecule has 0 aromatic carbocycles. The number of nitrogens with zero attached hydrogens (tertiary/aromatic N) is 1. The van der Waals surface area contributed by atoms with Crippen molar-refractivity contribution in [3.05, 3.63) is 0 Å². The van der Waals surface area contributed by atoms with E-state index in [1.807, 2.05) is 41.5 Å². The molecule has 0 fully saturated rings. The van der Waals surface area contributed by atoms with Crippen LogP contribution in [0.5, 0.6) is 0 Å². The van der Waals surface area contributed by atoms with E-state index in [9.17, 15) is 24.0 Å². The Morgan fingerprint density at radius 3 is 1.23 bits per heavy atom. The number of carbonyl (C=O) groups is 5. The SMILES string of the molecule is CC.CC.CC.CN.CNCC(=O)OC.COC(=O)CBr.COC(=O)CN(C)C(=O)Cl.O=C(Cl)OC(Cl)(Cl)Cl. The monoisotopic (exact) mass is 737 g/mol. The zero-order chi connectivity index (χ0) is 33.6. The minimum atomic E-state index is -2.04. The van der Waals surface area contributed by atoms with Gasteiger partial charge in [-0.2, -0.15) is 0 Å². The van der Waals surface area contributed by atoms with E-state index in [4.69, 9.17) is 46.4 Å². The van der Waals surface area contributed by atoms with E-state index < -0.39 is 20.7 Å². The van der Waals surface area contributed by atoms with Gasteiger partial charge >= 0.3 is 32.7 Å². The third-order valence-electron chi connectivity index (χ3n) is 1.98. The third-order valence-corrected chi connectivity index (χ3v) is 3.03. The number of amides is 1. The van der Waals surface area contributed by atoms with Crippen LogP contribution >= 0.6 is 73.9 Å². The summed E-state index contributed by atoms with van der Waals surface area (Å²) in [5, 5.41) is 2.25. The van der Waals surface area contributed by atoms with Gasteiger partial charge in [0.25, 0.3) is 0 Å². The second-order valence-corrected chi connectivity index (χ2v) is 7.66. The molecule has 0 aliphatic rings. The summed E-state index contributed by atoms with van der Waals surface area (Å²) in [6.45, 7) is 12.2. The molecule has 0 heterocycles. The van der Waals surface area contributed by atoms with Gasteiger partial charge in [0.05, 0.1) is 27.9 Å². The number of hydrogen-bond donors (Lipinski definition) is 2. The Bertz CT molecular complexity index is 556. The second kappa shape index (κ2) is 50.1. The van der Waals surface area contributed by atoms with Crippen molar-refractivity contribution in [2.75, 3.05) is 60.9 Å². The van der Waals surface area contributed by atoms with Crippen LogP contribution in [0.2, 0.25) is 0 Å². The molecule has 0 saturated carbocycles. The van der Waals surface area contributed by atoms with Gasteiger partial charge in [-0.05, 0) is 60.5 Å². The lowest BCUT2D eigenvalue weighted by Gasteiger charge is -2.09. The molecule has 12 nitrogen and oxygen atoms in total. The molecule has 3 N–H and O–H groups in total. The number of halogens is 6. The second-order valence-electron chi connectivity index (χ2n) is 4.29. The highest BCUT2D eigenvalue weighted by molar-refractivity contribution is 9.09. The number of esters is 3. The number of nitrogens with one attached hydrogen (secondary N) is 1. The van der Waals surface area contributed by atoms with Crippen molar-refractivity contribution < 1.29 is 42.9 Å². The smallest absolute Gasteiger partial charge is 0.407 e. The maximum Gasteiger partial charge on any atom is 0.407 e. The van der Waals surface area contributed by atoms with E-state index in [-0.39, 0.29) is 30.4 Å². The van der Waals surface area contributed by atoms with Crippen molar-refractivity contribution >= 4 is 103 Å². The lowest BCUT2D eigenvalue weighted by Crippen LogP contribution is -2.28. The first-order valence-electron chi connectivity index (χ1n) is 11.0. The van der Waals surface area contributed by atoms with Gasteiger partial charge in [-0.25, -0.2) is 4.79 Å². The van der Waals surface area contributed by atoms with Crippen LogP contribution in [0.4, 0.5) is 9.59 Å². The Labute approximate surface area is 266 Å². The molecule has 0 radical (unpaired) electrons. The molecule has 240 valence electrons. The van der Waals surface area contributed by atoms with Gasteiger partial charge in [0.15, 0.2) is 0 Å². The Morgan fingerprint density at radius 1 is 0.795 bits per heavy atom. The number of rotatable bonds is 5. The molecule has 39 heavy (non-hydrogen) atoms. The minimum absolute atomic E-state index is 0.112. The first-order valence-corrected chi connectivity index (χ1v) is 14.0. The van der Waals surface area contributed by atoms with Crippen LogP contribution in [-0.2, 0) is 33.3 Å². The molecule has 0 unspecified atom stereocenters. The number of methoxy groups -OCH3 is 3. The van der Waals surface area contributed by atoms with Gasteiger partial charge in [0.2, 0.25) is 0 Å². The first kappa shape index (κ1) is 58.0. The largest absolute Gasteiger partial charge is 0.468 e. The summed E-state index contributed by atoms with van der Waals surface area (Å²) in [4.78, 5) is 51.6. The van der Waals surface area contributed by atoms with Crippen LogP contribution in [0.15, 0.2) is 0 Å². The van der Waals surface area contributed by atoms with Crippen LogP contribution in [-0.4, -0.2) is 98.5 Å². The summed E-state index contributed by atoms with van der Waals surface area (Å²) < 4.78 is 14.6. The summed E-state index contributed by atoms with van der Waals surface area (Å²) in [7, 11) is 8.56. The van der Waals surface area contributed by atoms with Gasteiger partial charge < -0.3 is 34.9 Å². The fourth-order valence-corrected chi connectivity index (χ4v) is 1.42. The predicted molar refractivity (Wildman–Crippen MR) is 164 cm³/mol. The van der Waals surface area contributed by atoms with Crippen molar-refractivity contribution in [1.29, 1.82) is 0 Å². The maximum absolute atomic E-state index is 10.5. The lowest BCUT2D eigenvalue weighted by molar-refractivity contribution is -0.141. The van der Waals surface area contributed by atoms with E-state index >= 15 is 0 Å². The number of likely N-dealkylation sites (N-methyl/N-ethyl adjacent to an activating group) is 2. The van der Waals surface area contributed by atoms with Crippen LogP contribution in [0.25, 0.3) is 0 Å². The molecule has 0 spiro atoms. The van der Waals surface area contributed by atoms with Crippen molar-refractivity contribution in [1.82, 2.24) is 10.2 Å². The molecule has 0 aliphatic heterocycles. The van der Waals surface area contributed by atoms with Crippen molar-refractivity contribution in [3.8, 4) is 0 Å². The number of carbonyl (C=O) groups excluding carboxylic acids is 5. The fraction of sp³-hybridized carbons (Fsp3) is 0.762. The Balaban J connectivity index is -0.0000000508. The van der Waals surface area contributed by atoms with Crippen LogP contribution in [0.3, 0.4) is 0 Å². The van der Waals surface area contributed by atoms with Crippen molar-refractivity contribution in [2.45, 2.75) is 45.5 Å². The van der Waals surface area contributed by atoms with Crippen LogP contribution < -0.4 is 11.1 Å². The summed E-state index contributed by atoms with van der Waals surface area (Å²) in [6, 6.07) is 0. The van der Waals surface area contributed by atoms with E-state index in [2.05, 4.69) is 57.5 Å². The Kier molecular flexibility index (Phi) is 74.4. The van der Waals surface area contributed by atoms with Crippen LogP contribution in [0.1, 0.15) is 41.5 Å². The highest BCUT2D eigenvalue weighted by atomic mass is 79.9. The molecule has 1 amide bonds.